The average molecular weight is 167 g/mol. The van der Waals surface area contributed by atoms with Crippen molar-refractivity contribution in [2.45, 2.75) is 18.6 Å². The first-order valence-corrected chi connectivity index (χ1v) is 3.72. The van der Waals surface area contributed by atoms with Gasteiger partial charge in [0.2, 0.25) is 0 Å². The third-order valence-corrected chi connectivity index (χ3v) is 1.57. The number of carbonyl (C=O) groups excluding carboxylic acids is 1. The van der Waals surface area contributed by atoms with Crippen molar-refractivity contribution in [2.24, 2.45) is 0 Å². The van der Waals surface area contributed by atoms with Crippen LogP contribution in [0.25, 0.3) is 0 Å². The molecule has 2 unspecified atom stereocenters. The molecule has 0 saturated carbocycles. The summed E-state index contributed by atoms with van der Waals surface area (Å²) < 4.78 is 9.69. The van der Waals surface area contributed by atoms with Gasteiger partial charge in [-0.25, -0.2) is 4.79 Å². The maximum absolute atomic E-state index is 10.7. The van der Waals surface area contributed by atoms with Crippen molar-refractivity contribution in [3.63, 3.8) is 0 Å². The highest BCUT2D eigenvalue weighted by Crippen LogP contribution is 2.20. The van der Waals surface area contributed by atoms with Crippen LogP contribution >= 0.6 is 0 Å². The summed E-state index contributed by atoms with van der Waals surface area (Å²) in [6.07, 6.45) is 4.39. The smallest absolute Gasteiger partial charge is 0.427 e. The summed E-state index contributed by atoms with van der Waals surface area (Å²) in [6.45, 7) is 7.07. The fourth-order valence-corrected chi connectivity index (χ4v) is 1.05. The van der Waals surface area contributed by atoms with Gasteiger partial charge < -0.3 is 9.47 Å². The molecular weight excluding hydrogens is 156 g/mol. The summed E-state index contributed by atoms with van der Waals surface area (Å²) in [5, 5.41) is 0. The van der Waals surface area contributed by atoms with Crippen LogP contribution in [-0.2, 0) is 9.47 Å². The molecule has 0 amide bonds. The van der Waals surface area contributed by atoms with Crippen molar-refractivity contribution in [3.8, 4) is 0 Å². The van der Waals surface area contributed by atoms with E-state index in [4.69, 9.17) is 9.47 Å². The number of cyclic esters (lactones) is 2. The summed E-state index contributed by atoms with van der Waals surface area (Å²) in [5.74, 6) is 0. The molecule has 0 N–H and O–H groups in total. The lowest BCUT2D eigenvalue weighted by molar-refractivity contribution is 0.117. The Bertz CT molecular complexity index is 178. The monoisotopic (exact) mass is 167 g/mol. The lowest BCUT2D eigenvalue weighted by Gasteiger charge is -2.10. The van der Waals surface area contributed by atoms with Gasteiger partial charge in [-0.1, -0.05) is 12.2 Å². The second-order valence-electron chi connectivity index (χ2n) is 2.44. The molecule has 0 aromatic carbocycles. The van der Waals surface area contributed by atoms with E-state index in [9.17, 15) is 4.79 Å². The van der Waals surface area contributed by atoms with Crippen molar-refractivity contribution in [1.82, 2.24) is 0 Å². The van der Waals surface area contributed by atoms with Crippen LogP contribution in [0.5, 0.6) is 0 Å². The van der Waals surface area contributed by atoms with Crippen molar-refractivity contribution >= 4 is 6.16 Å². The SMILES string of the molecule is C=C[CH]C1OC(=O)OC1CC=C. The first-order chi connectivity index (χ1) is 5.77. The zero-order valence-corrected chi connectivity index (χ0v) is 6.73. The van der Waals surface area contributed by atoms with Gasteiger partial charge in [-0.05, 0) is 0 Å². The summed E-state index contributed by atoms with van der Waals surface area (Å²) in [7, 11) is 0. The summed E-state index contributed by atoms with van der Waals surface area (Å²) >= 11 is 0. The van der Waals surface area contributed by atoms with E-state index in [1.165, 1.54) is 0 Å². The minimum atomic E-state index is -0.620. The quantitative estimate of drug-likeness (QED) is 0.473. The summed E-state index contributed by atoms with van der Waals surface area (Å²) in [6, 6.07) is 0. The highest BCUT2D eigenvalue weighted by atomic mass is 16.8. The fourth-order valence-electron chi connectivity index (χ4n) is 1.05. The van der Waals surface area contributed by atoms with Gasteiger partial charge in [-0.3, -0.25) is 0 Å². The number of hydrogen-bond donors (Lipinski definition) is 0. The van der Waals surface area contributed by atoms with Gasteiger partial charge in [0, 0.05) is 12.8 Å². The molecule has 1 heterocycles. The minimum absolute atomic E-state index is 0.243. The number of hydrogen-bond acceptors (Lipinski definition) is 3. The van der Waals surface area contributed by atoms with Gasteiger partial charge >= 0.3 is 6.16 Å². The van der Waals surface area contributed by atoms with Crippen LogP contribution in [0, 0.1) is 6.42 Å². The van der Waals surface area contributed by atoms with Gasteiger partial charge in [0.15, 0.2) is 0 Å². The van der Waals surface area contributed by atoms with E-state index in [-0.39, 0.29) is 12.2 Å². The van der Waals surface area contributed by atoms with Gasteiger partial charge in [0.25, 0.3) is 0 Å². The molecular formula is C9H11O3. The van der Waals surface area contributed by atoms with E-state index in [1.807, 2.05) is 0 Å². The zero-order chi connectivity index (χ0) is 8.97. The molecule has 1 rings (SSSR count). The summed E-state index contributed by atoms with van der Waals surface area (Å²) in [4.78, 5) is 10.7. The molecule has 2 atom stereocenters. The molecule has 0 aromatic rings. The van der Waals surface area contributed by atoms with Crippen molar-refractivity contribution in [1.29, 1.82) is 0 Å². The van der Waals surface area contributed by atoms with Crippen LogP contribution in [0.3, 0.4) is 0 Å². The molecule has 65 valence electrons. The topological polar surface area (TPSA) is 35.5 Å². The molecule has 1 radical (unpaired) electrons. The fraction of sp³-hybridized carbons (Fsp3) is 0.333. The molecule has 0 spiro atoms. The van der Waals surface area contributed by atoms with Crippen molar-refractivity contribution in [2.75, 3.05) is 0 Å². The van der Waals surface area contributed by atoms with E-state index >= 15 is 0 Å². The Morgan fingerprint density at radius 1 is 1.42 bits per heavy atom. The Labute approximate surface area is 71.7 Å². The van der Waals surface area contributed by atoms with Crippen LogP contribution in [0.2, 0.25) is 0 Å². The second-order valence-corrected chi connectivity index (χ2v) is 2.44. The Balaban J connectivity index is 2.51. The van der Waals surface area contributed by atoms with Crippen molar-refractivity contribution in [3.05, 3.63) is 31.7 Å². The zero-order valence-electron chi connectivity index (χ0n) is 6.73. The van der Waals surface area contributed by atoms with Gasteiger partial charge in [-0.2, -0.15) is 0 Å². The Morgan fingerprint density at radius 2 is 2.17 bits per heavy atom. The lowest BCUT2D eigenvalue weighted by Crippen LogP contribution is -2.21. The summed E-state index contributed by atoms with van der Waals surface area (Å²) in [5.41, 5.74) is 0. The maximum atomic E-state index is 10.7. The lowest BCUT2D eigenvalue weighted by atomic mass is 10.1. The molecule has 3 heteroatoms. The Kier molecular flexibility index (Phi) is 2.91. The Hall–Kier alpha value is -1.25. The molecule has 0 aliphatic carbocycles. The number of rotatable bonds is 4. The Morgan fingerprint density at radius 3 is 2.75 bits per heavy atom. The second kappa shape index (κ2) is 3.95. The van der Waals surface area contributed by atoms with Crippen molar-refractivity contribution < 1.29 is 14.3 Å². The van der Waals surface area contributed by atoms with E-state index in [2.05, 4.69) is 13.2 Å². The highest BCUT2D eigenvalue weighted by Gasteiger charge is 2.34. The molecule has 12 heavy (non-hydrogen) atoms. The molecule has 1 fully saturated rings. The van der Waals surface area contributed by atoms with Crippen LogP contribution in [0.1, 0.15) is 6.42 Å². The van der Waals surface area contributed by atoms with Gasteiger partial charge in [0.1, 0.15) is 12.2 Å². The average Bonchev–Trinajstić information content (AvgIpc) is 2.33. The van der Waals surface area contributed by atoms with E-state index in [0.717, 1.165) is 0 Å². The highest BCUT2D eigenvalue weighted by molar-refractivity contribution is 5.63. The van der Waals surface area contributed by atoms with Gasteiger partial charge in [0.05, 0.1) is 0 Å². The molecule has 0 bridgehead atoms. The first kappa shape index (κ1) is 8.84. The van der Waals surface area contributed by atoms with E-state index in [1.54, 1.807) is 18.6 Å². The van der Waals surface area contributed by atoms with Gasteiger partial charge in [-0.15, -0.1) is 13.2 Å². The third-order valence-electron chi connectivity index (χ3n) is 1.57. The normalized spacial score (nSPS) is 27.5. The molecule has 1 saturated heterocycles. The van der Waals surface area contributed by atoms with E-state index < -0.39 is 6.16 Å². The van der Waals surface area contributed by atoms with Crippen LogP contribution < -0.4 is 0 Å². The first-order valence-electron chi connectivity index (χ1n) is 3.72. The standard InChI is InChI=1S/C9H11O3/c1-3-5-7-8(6-4-2)12-9(10)11-7/h3-5,7-8H,1-2,6H2. The molecule has 1 aliphatic heterocycles. The predicted octanol–water partition coefficient (Wildman–Crippen LogP) is 1.86. The van der Waals surface area contributed by atoms with Crippen LogP contribution in [-0.4, -0.2) is 18.4 Å². The largest absolute Gasteiger partial charge is 0.509 e. The van der Waals surface area contributed by atoms with Crippen LogP contribution in [0.15, 0.2) is 25.3 Å². The molecule has 0 aromatic heterocycles. The maximum Gasteiger partial charge on any atom is 0.509 e. The third kappa shape index (κ3) is 1.87. The number of ether oxygens (including phenoxy) is 2. The minimum Gasteiger partial charge on any atom is -0.427 e. The molecule has 1 aliphatic rings. The predicted molar refractivity (Wildman–Crippen MR) is 44.5 cm³/mol. The van der Waals surface area contributed by atoms with E-state index in [0.29, 0.717) is 6.42 Å². The number of carbonyl (C=O) groups is 1. The molecule has 3 nitrogen and oxygen atoms in total. The van der Waals surface area contributed by atoms with Crippen LogP contribution in [0.4, 0.5) is 4.79 Å².